The SMILES string of the molecule is Cc1cc(CN(C)CC2CCCN2C)cc(C)c1O. The number of benzene rings is 1. The van der Waals surface area contributed by atoms with Gasteiger partial charge in [0.05, 0.1) is 0 Å². The summed E-state index contributed by atoms with van der Waals surface area (Å²) in [6.07, 6.45) is 2.64. The molecule has 1 unspecified atom stereocenters. The minimum Gasteiger partial charge on any atom is -0.507 e. The molecule has 106 valence electrons. The highest BCUT2D eigenvalue weighted by molar-refractivity contribution is 5.42. The molecule has 0 saturated carbocycles. The fraction of sp³-hybridized carbons (Fsp3) is 0.625. The molecule has 1 saturated heterocycles. The van der Waals surface area contributed by atoms with Crippen molar-refractivity contribution < 1.29 is 5.11 Å². The molecule has 0 amide bonds. The summed E-state index contributed by atoms with van der Waals surface area (Å²) in [5.74, 6) is 0.432. The molecule has 0 radical (unpaired) electrons. The van der Waals surface area contributed by atoms with Crippen LogP contribution in [0.5, 0.6) is 5.75 Å². The van der Waals surface area contributed by atoms with Crippen LogP contribution >= 0.6 is 0 Å². The molecular weight excluding hydrogens is 236 g/mol. The van der Waals surface area contributed by atoms with Crippen LogP contribution in [0.3, 0.4) is 0 Å². The molecule has 0 bridgehead atoms. The summed E-state index contributed by atoms with van der Waals surface area (Å²) in [6, 6.07) is 4.89. The van der Waals surface area contributed by atoms with E-state index in [0.29, 0.717) is 11.8 Å². The van der Waals surface area contributed by atoms with Gasteiger partial charge in [0.25, 0.3) is 0 Å². The van der Waals surface area contributed by atoms with Crippen molar-refractivity contribution in [3.8, 4) is 5.75 Å². The Kier molecular flexibility index (Phi) is 4.48. The third-order valence-corrected chi connectivity index (χ3v) is 4.20. The number of aromatic hydroxyl groups is 1. The van der Waals surface area contributed by atoms with E-state index < -0.39 is 0 Å². The molecule has 0 aliphatic carbocycles. The van der Waals surface area contributed by atoms with Crippen molar-refractivity contribution in [3.05, 3.63) is 28.8 Å². The zero-order chi connectivity index (χ0) is 14.0. The fourth-order valence-electron chi connectivity index (χ4n) is 3.08. The molecule has 1 aromatic carbocycles. The zero-order valence-electron chi connectivity index (χ0n) is 12.6. The first-order chi connectivity index (χ1) is 8.97. The van der Waals surface area contributed by atoms with Crippen molar-refractivity contribution in [2.75, 3.05) is 27.2 Å². The molecule has 2 rings (SSSR count). The average Bonchev–Trinajstić information content (AvgIpc) is 2.72. The average molecular weight is 262 g/mol. The van der Waals surface area contributed by atoms with E-state index in [2.05, 4.69) is 36.0 Å². The van der Waals surface area contributed by atoms with E-state index in [1.54, 1.807) is 0 Å². The quantitative estimate of drug-likeness (QED) is 0.903. The van der Waals surface area contributed by atoms with Crippen LogP contribution in [0.1, 0.15) is 29.5 Å². The maximum atomic E-state index is 9.81. The summed E-state index contributed by atoms with van der Waals surface area (Å²) in [7, 11) is 4.41. The van der Waals surface area contributed by atoms with Gasteiger partial charge in [0, 0.05) is 19.1 Å². The molecule has 3 nitrogen and oxygen atoms in total. The van der Waals surface area contributed by atoms with Crippen molar-refractivity contribution in [3.63, 3.8) is 0 Å². The lowest BCUT2D eigenvalue weighted by molar-refractivity contribution is 0.215. The summed E-state index contributed by atoms with van der Waals surface area (Å²) >= 11 is 0. The van der Waals surface area contributed by atoms with E-state index in [1.807, 2.05) is 13.8 Å². The molecular formula is C16H26N2O. The van der Waals surface area contributed by atoms with E-state index in [4.69, 9.17) is 0 Å². The molecule has 1 N–H and O–H groups in total. The second kappa shape index (κ2) is 5.93. The standard InChI is InChI=1S/C16H26N2O/c1-12-8-14(9-13(2)16(12)19)10-17(3)11-15-6-5-7-18(15)4/h8-9,15,19H,5-7,10-11H2,1-4H3. The minimum absolute atomic E-state index is 0.432. The van der Waals surface area contributed by atoms with Gasteiger partial charge in [-0.3, -0.25) is 0 Å². The smallest absolute Gasteiger partial charge is 0.121 e. The molecule has 3 heteroatoms. The highest BCUT2D eigenvalue weighted by Gasteiger charge is 2.22. The van der Waals surface area contributed by atoms with Crippen LogP contribution in [-0.4, -0.2) is 48.1 Å². The van der Waals surface area contributed by atoms with Crippen LogP contribution in [0.15, 0.2) is 12.1 Å². The van der Waals surface area contributed by atoms with Crippen LogP contribution in [0.4, 0.5) is 0 Å². The number of nitrogens with zero attached hydrogens (tertiary/aromatic N) is 2. The highest BCUT2D eigenvalue weighted by Crippen LogP contribution is 2.24. The highest BCUT2D eigenvalue weighted by atomic mass is 16.3. The molecule has 0 spiro atoms. The van der Waals surface area contributed by atoms with E-state index in [0.717, 1.165) is 24.2 Å². The first kappa shape index (κ1) is 14.4. The summed E-state index contributed by atoms with van der Waals surface area (Å²) in [5, 5.41) is 9.81. The molecule has 1 aliphatic heterocycles. The molecule has 1 fully saturated rings. The van der Waals surface area contributed by atoms with Crippen LogP contribution < -0.4 is 0 Å². The Morgan fingerprint density at radius 1 is 1.32 bits per heavy atom. The van der Waals surface area contributed by atoms with Crippen LogP contribution in [0.2, 0.25) is 0 Å². The zero-order valence-corrected chi connectivity index (χ0v) is 12.6. The number of rotatable bonds is 4. The predicted molar refractivity (Wildman–Crippen MR) is 79.6 cm³/mol. The summed E-state index contributed by atoms with van der Waals surface area (Å²) in [6.45, 7) is 7.24. The third kappa shape index (κ3) is 3.48. The Hall–Kier alpha value is -1.06. The number of hydrogen-bond acceptors (Lipinski definition) is 3. The van der Waals surface area contributed by atoms with Gasteiger partial charge in [-0.15, -0.1) is 0 Å². The van der Waals surface area contributed by atoms with Gasteiger partial charge in [0.15, 0.2) is 0 Å². The fourth-order valence-corrected chi connectivity index (χ4v) is 3.08. The third-order valence-electron chi connectivity index (χ3n) is 4.20. The van der Waals surface area contributed by atoms with Gasteiger partial charge in [-0.25, -0.2) is 0 Å². The Balaban J connectivity index is 1.97. The summed E-state index contributed by atoms with van der Waals surface area (Å²) < 4.78 is 0. The summed E-state index contributed by atoms with van der Waals surface area (Å²) in [4.78, 5) is 4.85. The molecule has 1 heterocycles. The van der Waals surface area contributed by atoms with Gasteiger partial charge < -0.3 is 14.9 Å². The second-order valence-electron chi connectivity index (χ2n) is 6.05. The first-order valence-corrected chi connectivity index (χ1v) is 7.15. The molecule has 0 aromatic heterocycles. The van der Waals surface area contributed by atoms with Gasteiger partial charge in [0.1, 0.15) is 5.75 Å². The van der Waals surface area contributed by atoms with Gasteiger partial charge in [0.2, 0.25) is 0 Å². The van der Waals surface area contributed by atoms with E-state index in [-0.39, 0.29) is 0 Å². The Morgan fingerprint density at radius 2 is 1.95 bits per heavy atom. The normalized spacial score (nSPS) is 20.4. The van der Waals surface area contributed by atoms with Crippen molar-refractivity contribution in [2.24, 2.45) is 0 Å². The lowest BCUT2D eigenvalue weighted by atomic mass is 10.1. The number of phenols is 1. The van der Waals surface area contributed by atoms with Crippen LogP contribution in [-0.2, 0) is 6.54 Å². The summed E-state index contributed by atoms with van der Waals surface area (Å²) in [5.41, 5.74) is 3.23. The Bertz CT molecular complexity index is 421. The topological polar surface area (TPSA) is 26.7 Å². The van der Waals surface area contributed by atoms with Gasteiger partial charge in [-0.05, 0) is 64.0 Å². The van der Waals surface area contributed by atoms with E-state index >= 15 is 0 Å². The van der Waals surface area contributed by atoms with E-state index in [1.165, 1.54) is 24.9 Å². The maximum Gasteiger partial charge on any atom is 0.121 e. The van der Waals surface area contributed by atoms with Gasteiger partial charge in [-0.1, -0.05) is 12.1 Å². The number of likely N-dealkylation sites (tertiary alicyclic amines) is 1. The van der Waals surface area contributed by atoms with E-state index in [9.17, 15) is 5.11 Å². The molecule has 1 aliphatic rings. The molecule has 1 atom stereocenters. The molecule has 19 heavy (non-hydrogen) atoms. The second-order valence-corrected chi connectivity index (χ2v) is 6.05. The number of aryl methyl sites for hydroxylation is 2. The minimum atomic E-state index is 0.432. The number of likely N-dealkylation sites (N-methyl/N-ethyl adjacent to an activating group) is 2. The Morgan fingerprint density at radius 3 is 2.47 bits per heavy atom. The van der Waals surface area contributed by atoms with Crippen molar-refractivity contribution in [1.82, 2.24) is 9.80 Å². The lowest BCUT2D eigenvalue weighted by Gasteiger charge is -2.26. The lowest BCUT2D eigenvalue weighted by Crippen LogP contribution is -2.36. The van der Waals surface area contributed by atoms with Crippen molar-refractivity contribution in [1.29, 1.82) is 0 Å². The van der Waals surface area contributed by atoms with Crippen LogP contribution in [0, 0.1) is 13.8 Å². The van der Waals surface area contributed by atoms with Gasteiger partial charge >= 0.3 is 0 Å². The van der Waals surface area contributed by atoms with Crippen molar-refractivity contribution in [2.45, 2.75) is 39.3 Å². The number of phenolic OH excluding ortho intramolecular Hbond substituents is 1. The first-order valence-electron chi connectivity index (χ1n) is 7.15. The maximum absolute atomic E-state index is 9.81. The predicted octanol–water partition coefficient (Wildman–Crippen LogP) is 2.54. The van der Waals surface area contributed by atoms with Gasteiger partial charge in [-0.2, -0.15) is 0 Å². The molecule has 1 aromatic rings. The monoisotopic (exact) mass is 262 g/mol. The number of hydrogen-bond donors (Lipinski definition) is 1. The van der Waals surface area contributed by atoms with Crippen LogP contribution in [0.25, 0.3) is 0 Å². The Labute approximate surface area is 116 Å². The largest absolute Gasteiger partial charge is 0.507 e. The van der Waals surface area contributed by atoms with Crippen molar-refractivity contribution >= 4 is 0 Å².